The molecule has 0 unspecified atom stereocenters. The van der Waals surface area contributed by atoms with Crippen LogP contribution in [0.15, 0.2) is 54.6 Å². The van der Waals surface area contributed by atoms with Crippen LogP contribution in [-0.2, 0) is 13.2 Å². The first-order valence-corrected chi connectivity index (χ1v) is 8.02. The van der Waals surface area contributed by atoms with E-state index in [9.17, 15) is 0 Å². The number of hydrogen-bond acceptors (Lipinski definition) is 6. The third-order valence-electron chi connectivity index (χ3n) is 3.82. The van der Waals surface area contributed by atoms with Crippen molar-refractivity contribution >= 4 is 11.8 Å². The van der Waals surface area contributed by atoms with Crippen LogP contribution in [0.2, 0.25) is 0 Å². The van der Waals surface area contributed by atoms with E-state index in [1.54, 1.807) is 7.05 Å². The standard InChI is InChI=1S/C19H21N5O/c1-22-18-10-17(23-19(21)24-18)16-8-7-15(9-14(16)11-20)25-12-13-5-3-2-4-6-13/h2-10H,11-12,20H2,1H3,(H3,21,22,23,24). The van der Waals surface area contributed by atoms with E-state index in [0.29, 0.717) is 19.0 Å². The first-order valence-electron chi connectivity index (χ1n) is 8.02. The van der Waals surface area contributed by atoms with E-state index >= 15 is 0 Å². The van der Waals surface area contributed by atoms with Crippen molar-refractivity contribution in [1.29, 1.82) is 0 Å². The van der Waals surface area contributed by atoms with Gasteiger partial charge in [-0.25, -0.2) is 4.98 Å². The first-order chi connectivity index (χ1) is 12.2. The minimum Gasteiger partial charge on any atom is -0.489 e. The number of hydrogen-bond donors (Lipinski definition) is 3. The SMILES string of the molecule is CNc1cc(-c2ccc(OCc3ccccc3)cc2CN)nc(N)n1. The quantitative estimate of drug-likeness (QED) is 0.640. The van der Waals surface area contributed by atoms with Crippen molar-refractivity contribution in [2.75, 3.05) is 18.1 Å². The van der Waals surface area contributed by atoms with Crippen molar-refractivity contribution < 1.29 is 4.74 Å². The zero-order valence-corrected chi connectivity index (χ0v) is 14.1. The highest BCUT2D eigenvalue weighted by Crippen LogP contribution is 2.28. The molecule has 0 saturated heterocycles. The number of nitrogens with zero attached hydrogens (tertiary/aromatic N) is 2. The molecule has 0 aliphatic rings. The highest BCUT2D eigenvalue weighted by molar-refractivity contribution is 5.68. The third-order valence-corrected chi connectivity index (χ3v) is 3.82. The predicted molar refractivity (Wildman–Crippen MR) is 100 cm³/mol. The van der Waals surface area contributed by atoms with Gasteiger partial charge in [0.1, 0.15) is 18.2 Å². The molecule has 0 aliphatic carbocycles. The maximum Gasteiger partial charge on any atom is 0.222 e. The monoisotopic (exact) mass is 335 g/mol. The number of benzene rings is 2. The van der Waals surface area contributed by atoms with E-state index < -0.39 is 0 Å². The highest BCUT2D eigenvalue weighted by atomic mass is 16.5. The van der Waals surface area contributed by atoms with Gasteiger partial charge in [0, 0.05) is 25.2 Å². The molecule has 0 aliphatic heterocycles. The fourth-order valence-electron chi connectivity index (χ4n) is 2.55. The van der Waals surface area contributed by atoms with Gasteiger partial charge in [0.05, 0.1) is 5.69 Å². The van der Waals surface area contributed by atoms with Crippen molar-refractivity contribution in [3.63, 3.8) is 0 Å². The molecule has 1 heterocycles. The Kier molecular flexibility index (Phi) is 5.11. The lowest BCUT2D eigenvalue weighted by molar-refractivity contribution is 0.306. The lowest BCUT2D eigenvalue weighted by Crippen LogP contribution is -2.05. The number of nitrogens with one attached hydrogen (secondary N) is 1. The molecule has 6 heteroatoms. The van der Waals surface area contributed by atoms with E-state index in [2.05, 4.69) is 15.3 Å². The molecule has 5 N–H and O–H groups in total. The second-order valence-electron chi connectivity index (χ2n) is 5.54. The second kappa shape index (κ2) is 7.63. The summed E-state index contributed by atoms with van der Waals surface area (Å²) >= 11 is 0. The molecule has 0 spiro atoms. The summed E-state index contributed by atoms with van der Waals surface area (Å²) in [6.07, 6.45) is 0. The molecule has 0 saturated carbocycles. The summed E-state index contributed by atoms with van der Waals surface area (Å²) in [5.74, 6) is 1.65. The third kappa shape index (κ3) is 4.05. The fraction of sp³-hybridized carbons (Fsp3) is 0.158. The molecular weight excluding hydrogens is 314 g/mol. The van der Waals surface area contributed by atoms with Gasteiger partial charge in [-0.2, -0.15) is 4.98 Å². The molecule has 1 aromatic heterocycles. The lowest BCUT2D eigenvalue weighted by Gasteiger charge is -2.12. The maximum absolute atomic E-state index is 5.93. The summed E-state index contributed by atoms with van der Waals surface area (Å²) in [5.41, 5.74) is 15.4. The minimum absolute atomic E-state index is 0.217. The van der Waals surface area contributed by atoms with Crippen LogP contribution in [0.4, 0.5) is 11.8 Å². The number of ether oxygens (including phenoxy) is 1. The van der Waals surface area contributed by atoms with Crippen molar-refractivity contribution in [3.05, 3.63) is 65.7 Å². The van der Waals surface area contributed by atoms with Gasteiger partial charge in [-0.1, -0.05) is 30.3 Å². The normalized spacial score (nSPS) is 10.5. The van der Waals surface area contributed by atoms with Crippen LogP contribution in [0.25, 0.3) is 11.3 Å². The van der Waals surface area contributed by atoms with Gasteiger partial charge in [0.15, 0.2) is 0 Å². The van der Waals surface area contributed by atoms with Crippen molar-refractivity contribution in [2.24, 2.45) is 5.73 Å². The van der Waals surface area contributed by atoms with Gasteiger partial charge in [-0.15, -0.1) is 0 Å². The number of rotatable bonds is 6. The molecule has 3 aromatic rings. The molecule has 0 radical (unpaired) electrons. The molecular formula is C19H21N5O. The van der Waals surface area contributed by atoms with Gasteiger partial charge >= 0.3 is 0 Å². The van der Waals surface area contributed by atoms with E-state index in [1.807, 2.05) is 54.6 Å². The van der Waals surface area contributed by atoms with Crippen LogP contribution < -0.4 is 21.5 Å². The summed E-state index contributed by atoms with van der Waals surface area (Å²) in [5, 5.41) is 2.98. The Labute approximate surface area is 146 Å². The summed E-state index contributed by atoms with van der Waals surface area (Å²) in [7, 11) is 1.79. The molecule has 3 rings (SSSR count). The fourth-order valence-corrected chi connectivity index (χ4v) is 2.55. The summed E-state index contributed by atoms with van der Waals surface area (Å²) < 4.78 is 5.87. The van der Waals surface area contributed by atoms with Crippen LogP contribution in [0, 0.1) is 0 Å². The molecule has 0 atom stereocenters. The van der Waals surface area contributed by atoms with Gasteiger partial charge in [-0.3, -0.25) is 0 Å². The van der Waals surface area contributed by atoms with Gasteiger partial charge in [0.2, 0.25) is 5.95 Å². The Balaban J connectivity index is 1.86. The maximum atomic E-state index is 5.93. The van der Waals surface area contributed by atoms with Gasteiger partial charge < -0.3 is 21.5 Å². The Morgan fingerprint density at radius 1 is 1.04 bits per heavy atom. The van der Waals surface area contributed by atoms with Crippen molar-refractivity contribution in [1.82, 2.24) is 9.97 Å². The zero-order valence-electron chi connectivity index (χ0n) is 14.1. The average molecular weight is 335 g/mol. The zero-order chi connectivity index (χ0) is 17.6. The van der Waals surface area contributed by atoms with Crippen LogP contribution in [0.3, 0.4) is 0 Å². The lowest BCUT2D eigenvalue weighted by atomic mass is 10.0. The number of nitrogens with two attached hydrogens (primary N) is 2. The smallest absolute Gasteiger partial charge is 0.222 e. The van der Waals surface area contributed by atoms with Crippen molar-refractivity contribution in [2.45, 2.75) is 13.2 Å². The predicted octanol–water partition coefficient (Wildman–Crippen LogP) is 2.81. The van der Waals surface area contributed by atoms with E-state index in [1.165, 1.54) is 0 Å². The number of nitrogen functional groups attached to an aromatic ring is 1. The van der Waals surface area contributed by atoms with Gasteiger partial charge in [0.25, 0.3) is 0 Å². The molecule has 2 aromatic carbocycles. The summed E-state index contributed by atoms with van der Waals surface area (Å²) in [6.45, 7) is 0.880. The molecule has 0 fully saturated rings. The first kappa shape index (κ1) is 16.7. The molecule has 128 valence electrons. The second-order valence-corrected chi connectivity index (χ2v) is 5.54. The van der Waals surface area contributed by atoms with Crippen LogP contribution >= 0.6 is 0 Å². The average Bonchev–Trinajstić information content (AvgIpc) is 2.66. The number of aromatic nitrogens is 2. The van der Waals surface area contributed by atoms with E-state index in [0.717, 1.165) is 28.1 Å². The van der Waals surface area contributed by atoms with E-state index in [4.69, 9.17) is 16.2 Å². The molecule has 0 bridgehead atoms. The Morgan fingerprint density at radius 2 is 1.84 bits per heavy atom. The Hall–Kier alpha value is -3.12. The van der Waals surface area contributed by atoms with Crippen molar-refractivity contribution in [3.8, 4) is 17.0 Å². The van der Waals surface area contributed by atoms with Crippen LogP contribution in [0.5, 0.6) is 5.75 Å². The van der Waals surface area contributed by atoms with Crippen LogP contribution in [0.1, 0.15) is 11.1 Å². The highest BCUT2D eigenvalue weighted by Gasteiger charge is 2.10. The van der Waals surface area contributed by atoms with Crippen LogP contribution in [-0.4, -0.2) is 17.0 Å². The summed E-state index contributed by atoms with van der Waals surface area (Å²) in [4.78, 5) is 8.43. The summed E-state index contributed by atoms with van der Waals surface area (Å²) in [6, 6.07) is 17.7. The number of anilines is 2. The largest absolute Gasteiger partial charge is 0.489 e. The van der Waals surface area contributed by atoms with Gasteiger partial charge in [-0.05, 0) is 29.3 Å². The van der Waals surface area contributed by atoms with E-state index in [-0.39, 0.29) is 5.95 Å². The molecule has 0 amide bonds. The molecule has 6 nitrogen and oxygen atoms in total. The Bertz CT molecular complexity index is 852. The topological polar surface area (TPSA) is 99.1 Å². The molecule has 25 heavy (non-hydrogen) atoms. The minimum atomic E-state index is 0.217. The Morgan fingerprint density at radius 3 is 2.56 bits per heavy atom.